The lowest BCUT2D eigenvalue weighted by Crippen LogP contribution is -2.38. The number of nitrogens with zero attached hydrogens (tertiary/aromatic N) is 3. The highest BCUT2D eigenvalue weighted by Crippen LogP contribution is 2.13. The number of hydrogen-bond donors (Lipinski definition) is 2. The van der Waals surface area contributed by atoms with E-state index in [1.54, 1.807) is 11.8 Å². The van der Waals surface area contributed by atoms with Crippen LogP contribution in [0.3, 0.4) is 0 Å². The van der Waals surface area contributed by atoms with Crippen LogP contribution < -0.4 is 5.32 Å². The van der Waals surface area contributed by atoms with Crippen molar-refractivity contribution in [1.82, 2.24) is 25.4 Å². The van der Waals surface area contributed by atoms with Gasteiger partial charge in [-0.1, -0.05) is 0 Å². The molecule has 0 aromatic carbocycles. The standard InChI is InChI=1S/C11H19N5O/c1-8-13-10(15-14-8)11(17)16(2)9-4-3-6-12-7-5-9/h9,12H,3-7H2,1-2H3,(H,13,14,15). The van der Waals surface area contributed by atoms with E-state index in [2.05, 4.69) is 20.5 Å². The van der Waals surface area contributed by atoms with Crippen molar-refractivity contribution in [3.63, 3.8) is 0 Å². The second-order valence-corrected chi connectivity index (χ2v) is 4.50. The average molecular weight is 237 g/mol. The normalized spacial score (nSPS) is 20.9. The Kier molecular flexibility index (Phi) is 3.73. The third-order valence-corrected chi connectivity index (χ3v) is 3.20. The summed E-state index contributed by atoms with van der Waals surface area (Å²) in [7, 11) is 1.84. The van der Waals surface area contributed by atoms with E-state index in [9.17, 15) is 4.79 Å². The van der Waals surface area contributed by atoms with Gasteiger partial charge in [0.25, 0.3) is 5.91 Å². The lowest BCUT2D eigenvalue weighted by molar-refractivity contribution is 0.0708. The zero-order chi connectivity index (χ0) is 12.3. The first-order chi connectivity index (χ1) is 8.18. The van der Waals surface area contributed by atoms with Crippen LogP contribution in [0.1, 0.15) is 35.7 Å². The van der Waals surface area contributed by atoms with E-state index in [-0.39, 0.29) is 17.8 Å². The highest BCUT2D eigenvalue weighted by molar-refractivity contribution is 5.90. The highest BCUT2D eigenvalue weighted by atomic mass is 16.2. The van der Waals surface area contributed by atoms with Crippen molar-refractivity contribution in [3.8, 4) is 0 Å². The van der Waals surface area contributed by atoms with Crippen LogP contribution in [0, 0.1) is 6.92 Å². The summed E-state index contributed by atoms with van der Waals surface area (Å²) >= 11 is 0. The van der Waals surface area contributed by atoms with Crippen LogP contribution in [0.15, 0.2) is 0 Å². The van der Waals surface area contributed by atoms with Crippen LogP contribution in [0.25, 0.3) is 0 Å². The van der Waals surface area contributed by atoms with E-state index >= 15 is 0 Å². The van der Waals surface area contributed by atoms with Gasteiger partial charge in [-0.15, -0.1) is 5.10 Å². The molecule has 0 spiro atoms. The summed E-state index contributed by atoms with van der Waals surface area (Å²) in [6.07, 6.45) is 3.14. The minimum absolute atomic E-state index is 0.0961. The van der Waals surface area contributed by atoms with Crippen LogP contribution in [-0.2, 0) is 0 Å². The summed E-state index contributed by atoms with van der Waals surface area (Å²) in [5, 5.41) is 9.95. The smallest absolute Gasteiger partial charge is 0.293 e. The van der Waals surface area contributed by atoms with Gasteiger partial charge in [-0.25, -0.2) is 4.98 Å². The molecule has 0 bridgehead atoms. The number of amides is 1. The molecule has 1 aromatic rings. The molecular weight excluding hydrogens is 218 g/mol. The number of aromatic amines is 1. The van der Waals surface area contributed by atoms with Crippen LogP contribution in [0.5, 0.6) is 0 Å². The number of aryl methyl sites for hydroxylation is 1. The first-order valence-electron chi connectivity index (χ1n) is 6.05. The molecule has 6 nitrogen and oxygen atoms in total. The third kappa shape index (κ3) is 2.82. The van der Waals surface area contributed by atoms with Crippen LogP contribution in [0.2, 0.25) is 0 Å². The molecule has 0 saturated carbocycles. The fraction of sp³-hybridized carbons (Fsp3) is 0.727. The van der Waals surface area contributed by atoms with E-state index in [1.807, 2.05) is 7.05 Å². The fourth-order valence-corrected chi connectivity index (χ4v) is 2.15. The quantitative estimate of drug-likeness (QED) is 0.777. The molecular formula is C11H19N5O. The van der Waals surface area contributed by atoms with Crippen molar-refractivity contribution in [1.29, 1.82) is 0 Å². The van der Waals surface area contributed by atoms with Gasteiger partial charge >= 0.3 is 0 Å². The van der Waals surface area contributed by atoms with Gasteiger partial charge in [-0.3, -0.25) is 9.89 Å². The van der Waals surface area contributed by atoms with E-state index in [0.29, 0.717) is 5.82 Å². The van der Waals surface area contributed by atoms with Crippen molar-refractivity contribution in [2.24, 2.45) is 0 Å². The minimum Gasteiger partial charge on any atom is -0.336 e. The van der Waals surface area contributed by atoms with Crippen LogP contribution in [0.4, 0.5) is 0 Å². The molecule has 1 amide bonds. The zero-order valence-electron chi connectivity index (χ0n) is 10.4. The van der Waals surface area contributed by atoms with E-state index in [1.165, 1.54) is 0 Å². The fourth-order valence-electron chi connectivity index (χ4n) is 2.15. The largest absolute Gasteiger partial charge is 0.336 e. The van der Waals surface area contributed by atoms with Crippen LogP contribution >= 0.6 is 0 Å². The summed E-state index contributed by atoms with van der Waals surface area (Å²) in [4.78, 5) is 18.0. The van der Waals surface area contributed by atoms with Gasteiger partial charge < -0.3 is 10.2 Å². The first-order valence-corrected chi connectivity index (χ1v) is 6.05. The Morgan fingerprint density at radius 1 is 1.41 bits per heavy atom. The van der Waals surface area contributed by atoms with Crippen molar-refractivity contribution in [2.45, 2.75) is 32.2 Å². The molecule has 6 heteroatoms. The van der Waals surface area contributed by atoms with Gasteiger partial charge in [0, 0.05) is 13.1 Å². The molecule has 1 aromatic heterocycles. The predicted molar refractivity (Wildman–Crippen MR) is 63.7 cm³/mol. The van der Waals surface area contributed by atoms with Gasteiger partial charge in [-0.05, 0) is 39.3 Å². The summed E-state index contributed by atoms with van der Waals surface area (Å²) in [6.45, 7) is 3.80. The number of carbonyl (C=O) groups excluding carboxylic acids is 1. The second kappa shape index (κ2) is 5.27. The van der Waals surface area contributed by atoms with E-state index in [0.717, 1.165) is 32.4 Å². The molecule has 1 aliphatic heterocycles. The molecule has 2 heterocycles. The number of H-pyrrole nitrogens is 1. The number of aromatic nitrogens is 3. The lowest BCUT2D eigenvalue weighted by Gasteiger charge is -2.25. The second-order valence-electron chi connectivity index (χ2n) is 4.50. The molecule has 17 heavy (non-hydrogen) atoms. The molecule has 0 radical (unpaired) electrons. The van der Waals surface area contributed by atoms with Crippen molar-refractivity contribution < 1.29 is 4.79 Å². The van der Waals surface area contributed by atoms with E-state index < -0.39 is 0 Å². The molecule has 94 valence electrons. The van der Waals surface area contributed by atoms with Crippen molar-refractivity contribution in [3.05, 3.63) is 11.6 Å². The summed E-state index contributed by atoms with van der Waals surface area (Å²) in [5.74, 6) is 0.840. The number of carbonyl (C=O) groups is 1. The van der Waals surface area contributed by atoms with Crippen molar-refractivity contribution in [2.75, 3.05) is 20.1 Å². The van der Waals surface area contributed by atoms with Crippen molar-refractivity contribution >= 4 is 5.91 Å². The molecule has 1 atom stereocenters. The molecule has 0 aliphatic carbocycles. The molecule has 2 rings (SSSR count). The Bertz CT molecular complexity index is 381. The molecule has 1 aliphatic rings. The first kappa shape index (κ1) is 12.0. The monoisotopic (exact) mass is 237 g/mol. The van der Waals surface area contributed by atoms with Crippen LogP contribution in [-0.4, -0.2) is 52.2 Å². The number of hydrogen-bond acceptors (Lipinski definition) is 4. The maximum Gasteiger partial charge on any atom is 0.293 e. The third-order valence-electron chi connectivity index (χ3n) is 3.20. The molecule has 1 fully saturated rings. The maximum atomic E-state index is 12.1. The SMILES string of the molecule is Cc1nc(C(=O)N(C)C2CCCNCC2)n[nH]1. The number of rotatable bonds is 2. The zero-order valence-corrected chi connectivity index (χ0v) is 10.4. The summed E-state index contributed by atoms with van der Waals surface area (Å²) < 4.78 is 0. The van der Waals surface area contributed by atoms with E-state index in [4.69, 9.17) is 0 Å². The topological polar surface area (TPSA) is 73.9 Å². The molecule has 2 N–H and O–H groups in total. The van der Waals surface area contributed by atoms with Gasteiger partial charge in [0.15, 0.2) is 0 Å². The minimum atomic E-state index is -0.0961. The van der Waals surface area contributed by atoms with Gasteiger partial charge in [0.05, 0.1) is 0 Å². The van der Waals surface area contributed by atoms with Gasteiger partial charge in [0.2, 0.25) is 5.82 Å². The Labute approximate surface area is 101 Å². The lowest BCUT2D eigenvalue weighted by atomic mass is 10.1. The number of nitrogens with one attached hydrogen (secondary N) is 2. The summed E-state index contributed by atoms with van der Waals surface area (Å²) in [6, 6.07) is 0.288. The van der Waals surface area contributed by atoms with Gasteiger partial charge in [-0.2, -0.15) is 0 Å². The van der Waals surface area contributed by atoms with Gasteiger partial charge in [0.1, 0.15) is 5.82 Å². The Balaban J connectivity index is 2.03. The summed E-state index contributed by atoms with van der Waals surface area (Å²) in [5.41, 5.74) is 0. The predicted octanol–water partition coefficient (Wildman–Crippen LogP) is 0.327. The Hall–Kier alpha value is -1.43. The Morgan fingerprint density at radius 3 is 2.94 bits per heavy atom. The molecule has 1 saturated heterocycles. The Morgan fingerprint density at radius 2 is 2.24 bits per heavy atom. The maximum absolute atomic E-state index is 12.1. The average Bonchev–Trinajstić information content (AvgIpc) is 2.60. The molecule has 1 unspecified atom stereocenters. The highest BCUT2D eigenvalue weighted by Gasteiger charge is 2.24.